The number of sulfonamides is 1. The number of anilines is 1. The first-order valence-corrected chi connectivity index (χ1v) is 6.71. The van der Waals surface area contributed by atoms with Gasteiger partial charge in [0.05, 0.1) is 31.8 Å². The predicted octanol–water partition coefficient (Wildman–Crippen LogP) is 0.106. The normalized spacial score (nSPS) is 11.3. The van der Waals surface area contributed by atoms with Gasteiger partial charge < -0.3 is 9.84 Å². The van der Waals surface area contributed by atoms with E-state index in [1.807, 2.05) is 0 Å². The number of nitrogens with zero attached hydrogens (tertiary/aromatic N) is 2. The average Bonchev–Trinajstić information content (AvgIpc) is 2.88. The summed E-state index contributed by atoms with van der Waals surface area (Å²) in [5.74, 6) is 0.375. The van der Waals surface area contributed by atoms with Crippen molar-refractivity contribution in [3.63, 3.8) is 0 Å². The molecule has 0 fully saturated rings. The van der Waals surface area contributed by atoms with E-state index in [0.717, 1.165) is 0 Å². The van der Waals surface area contributed by atoms with Gasteiger partial charge in [-0.1, -0.05) is 0 Å². The number of H-pyrrole nitrogens is 1. The van der Waals surface area contributed by atoms with E-state index in [4.69, 9.17) is 9.84 Å². The molecule has 9 heteroatoms. The Balaban J connectivity index is 2.26. The molecule has 0 aliphatic rings. The van der Waals surface area contributed by atoms with Gasteiger partial charge in [-0.2, -0.15) is 13.5 Å². The molecule has 0 aliphatic carbocycles. The number of hydrogen-bond donors (Lipinski definition) is 3. The van der Waals surface area contributed by atoms with E-state index in [1.54, 1.807) is 0 Å². The van der Waals surface area contributed by atoms with Crippen molar-refractivity contribution in [1.82, 2.24) is 15.2 Å². The minimum absolute atomic E-state index is 0.175. The van der Waals surface area contributed by atoms with Gasteiger partial charge in [-0.25, -0.2) is 4.98 Å². The largest absolute Gasteiger partial charge is 0.481 e. The molecule has 19 heavy (non-hydrogen) atoms. The van der Waals surface area contributed by atoms with Gasteiger partial charge in [0.2, 0.25) is 5.88 Å². The van der Waals surface area contributed by atoms with Gasteiger partial charge in [-0.05, 0) is 6.07 Å². The summed E-state index contributed by atoms with van der Waals surface area (Å²) < 4.78 is 31.3. The van der Waals surface area contributed by atoms with Crippen LogP contribution >= 0.6 is 0 Å². The first kappa shape index (κ1) is 13.3. The molecule has 0 unspecified atom stereocenters. The minimum atomic E-state index is -3.84. The van der Waals surface area contributed by atoms with E-state index in [2.05, 4.69) is 19.9 Å². The van der Waals surface area contributed by atoms with Crippen molar-refractivity contribution in [3.05, 3.63) is 30.1 Å². The molecule has 102 valence electrons. The third-order valence-corrected chi connectivity index (χ3v) is 3.71. The van der Waals surface area contributed by atoms with Crippen LogP contribution in [0, 0.1) is 0 Å². The van der Waals surface area contributed by atoms with Crippen molar-refractivity contribution in [2.24, 2.45) is 0 Å². The molecule has 0 amide bonds. The molecule has 0 atom stereocenters. The van der Waals surface area contributed by atoms with Crippen molar-refractivity contribution in [1.29, 1.82) is 0 Å². The van der Waals surface area contributed by atoms with E-state index in [9.17, 15) is 8.42 Å². The van der Waals surface area contributed by atoms with Crippen molar-refractivity contribution >= 4 is 15.7 Å². The van der Waals surface area contributed by atoms with E-state index in [1.165, 1.54) is 31.6 Å². The second-order valence-corrected chi connectivity index (χ2v) is 5.20. The summed E-state index contributed by atoms with van der Waals surface area (Å²) in [4.78, 5) is 3.88. The lowest BCUT2D eigenvalue weighted by molar-refractivity contribution is 0.278. The Morgan fingerprint density at radius 1 is 1.42 bits per heavy atom. The average molecular weight is 284 g/mol. The van der Waals surface area contributed by atoms with Crippen LogP contribution in [0.25, 0.3) is 0 Å². The summed E-state index contributed by atoms with van der Waals surface area (Å²) in [5.41, 5.74) is 0.466. The summed E-state index contributed by atoms with van der Waals surface area (Å²) in [7, 11) is -2.38. The number of aromatic nitrogens is 3. The summed E-state index contributed by atoms with van der Waals surface area (Å²) in [5, 5.41) is 14.8. The SMILES string of the molecule is COc1ccc(NS(=O)(=O)c2[nH]ncc2CO)cn1. The molecule has 8 nitrogen and oxygen atoms in total. The predicted molar refractivity (Wildman–Crippen MR) is 66.1 cm³/mol. The number of hydrogen-bond acceptors (Lipinski definition) is 6. The van der Waals surface area contributed by atoms with Gasteiger partial charge in [0.15, 0.2) is 5.03 Å². The van der Waals surface area contributed by atoms with Crippen LogP contribution in [0.4, 0.5) is 5.69 Å². The third kappa shape index (κ3) is 2.83. The molecule has 2 aromatic rings. The van der Waals surface area contributed by atoms with Gasteiger partial charge in [-0.3, -0.25) is 9.82 Å². The number of pyridine rings is 1. The van der Waals surface area contributed by atoms with Gasteiger partial charge in [-0.15, -0.1) is 0 Å². The standard InChI is InChI=1S/C10H12N4O4S/c1-18-9-3-2-8(5-11-9)14-19(16,17)10-7(6-15)4-12-13-10/h2-5,14-15H,6H2,1H3,(H,12,13). The van der Waals surface area contributed by atoms with Crippen LogP contribution in [0.15, 0.2) is 29.6 Å². The molecule has 3 N–H and O–H groups in total. The fourth-order valence-electron chi connectivity index (χ4n) is 1.41. The fourth-order valence-corrected chi connectivity index (χ4v) is 2.58. The first-order chi connectivity index (χ1) is 9.06. The summed E-state index contributed by atoms with van der Waals surface area (Å²) in [6, 6.07) is 3.04. The lowest BCUT2D eigenvalue weighted by atomic mass is 10.4. The van der Waals surface area contributed by atoms with Gasteiger partial charge >= 0.3 is 0 Å². The molecule has 2 heterocycles. The van der Waals surface area contributed by atoms with Crippen molar-refractivity contribution in [2.45, 2.75) is 11.6 Å². The number of nitrogens with one attached hydrogen (secondary N) is 2. The smallest absolute Gasteiger partial charge is 0.279 e. The highest BCUT2D eigenvalue weighted by Gasteiger charge is 2.20. The van der Waals surface area contributed by atoms with Crippen LogP contribution in [0.1, 0.15) is 5.56 Å². The zero-order valence-corrected chi connectivity index (χ0v) is 10.8. The molecular weight excluding hydrogens is 272 g/mol. The molecule has 0 saturated heterocycles. The maximum Gasteiger partial charge on any atom is 0.279 e. The van der Waals surface area contributed by atoms with E-state index in [-0.39, 0.29) is 16.3 Å². The van der Waals surface area contributed by atoms with Crippen LogP contribution in [0.3, 0.4) is 0 Å². The highest BCUT2D eigenvalue weighted by Crippen LogP contribution is 2.18. The second kappa shape index (κ2) is 5.24. The molecule has 2 rings (SSSR count). The highest BCUT2D eigenvalue weighted by atomic mass is 32.2. The third-order valence-electron chi connectivity index (χ3n) is 2.31. The summed E-state index contributed by atoms with van der Waals surface area (Å²) in [6.45, 7) is -0.423. The number of aliphatic hydroxyl groups is 1. The monoisotopic (exact) mass is 284 g/mol. The van der Waals surface area contributed by atoms with Gasteiger partial charge in [0.25, 0.3) is 10.0 Å². The number of rotatable bonds is 5. The van der Waals surface area contributed by atoms with E-state index in [0.29, 0.717) is 5.88 Å². The minimum Gasteiger partial charge on any atom is -0.481 e. The Morgan fingerprint density at radius 2 is 2.21 bits per heavy atom. The van der Waals surface area contributed by atoms with Crippen LogP contribution in [0.5, 0.6) is 5.88 Å². The highest BCUT2D eigenvalue weighted by molar-refractivity contribution is 7.92. The van der Waals surface area contributed by atoms with Crippen LogP contribution in [0.2, 0.25) is 0 Å². The van der Waals surface area contributed by atoms with Crippen LogP contribution in [-0.2, 0) is 16.6 Å². The molecular formula is C10H12N4O4S. The Hall–Kier alpha value is -2.13. The maximum atomic E-state index is 12.0. The van der Waals surface area contributed by atoms with Crippen LogP contribution < -0.4 is 9.46 Å². The fraction of sp³-hybridized carbons (Fsp3) is 0.200. The number of ether oxygens (including phenoxy) is 1. The van der Waals surface area contributed by atoms with Crippen molar-refractivity contribution in [2.75, 3.05) is 11.8 Å². The molecule has 0 spiro atoms. The van der Waals surface area contributed by atoms with Crippen molar-refractivity contribution < 1.29 is 18.3 Å². The topological polar surface area (TPSA) is 117 Å². The summed E-state index contributed by atoms with van der Waals surface area (Å²) >= 11 is 0. The summed E-state index contributed by atoms with van der Waals surface area (Å²) in [6.07, 6.45) is 2.58. The number of aliphatic hydroxyl groups excluding tert-OH is 1. The van der Waals surface area contributed by atoms with Crippen LogP contribution in [-0.4, -0.2) is 35.8 Å². The second-order valence-electron chi connectivity index (χ2n) is 3.58. The lowest BCUT2D eigenvalue weighted by Crippen LogP contribution is -2.15. The Labute approximate surface area is 109 Å². The first-order valence-electron chi connectivity index (χ1n) is 5.23. The zero-order valence-electron chi connectivity index (χ0n) is 9.99. The lowest BCUT2D eigenvalue weighted by Gasteiger charge is -2.07. The number of aromatic amines is 1. The van der Waals surface area contributed by atoms with Gasteiger partial charge in [0.1, 0.15) is 0 Å². The number of methoxy groups -OCH3 is 1. The maximum absolute atomic E-state index is 12.0. The van der Waals surface area contributed by atoms with Gasteiger partial charge in [0, 0.05) is 11.6 Å². The Morgan fingerprint density at radius 3 is 2.79 bits per heavy atom. The quantitative estimate of drug-likeness (QED) is 0.717. The molecule has 0 aliphatic heterocycles. The zero-order chi connectivity index (χ0) is 13.9. The molecule has 0 radical (unpaired) electrons. The molecule has 0 saturated carbocycles. The molecule has 0 aromatic carbocycles. The van der Waals surface area contributed by atoms with E-state index >= 15 is 0 Å². The molecule has 2 aromatic heterocycles. The Bertz CT molecular complexity index is 650. The Kier molecular flexibility index (Phi) is 3.67. The molecule has 0 bridgehead atoms. The van der Waals surface area contributed by atoms with E-state index < -0.39 is 16.6 Å². The van der Waals surface area contributed by atoms with Crippen molar-refractivity contribution in [3.8, 4) is 5.88 Å².